The van der Waals surface area contributed by atoms with Crippen molar-refractivity contribution in [1.29, 1.82) is 0 Å². The standard InChI is InChI=1S/C13H13NO2/c1-9(13(15)16)14-12-8-7-10-5-3-2-4-6-11(10)12/h2-9,14H,1H3,(H,15,16)/t9-/m0/s1. The van der Waals surface area contributed by atoms with Crippen LogP contribution >= 0.6 is 0 Å². The maximum absolute atomic E-state index is 10.8. The molecule has 3 nitrogen and oxygen atoms in total. The molecule has 2 aliphatic carbocycles. The van der Waals surface area contributed by atoms with Crippen LogP contribution < -0.4 is 5.32 Å². The Morgan fingerprint density at radius 3 is 2.69 bits per heavy atom. The van der Waals surface area contributed by atoms with Gasteiger partial charge in [-0.15, -0.1) is 0 Å². The zero-order valence-corrected chi connectivity index (χ0v) is 8.97. The number of anilines is 1. The molecule has 0 saturated heterocycles. The second-order valence-electron chi connectivity index (χ2n) is 3.73. The van der Waals surface area contributed by atoms with Gasteiger partial charge in [0.1, 0.15) is 6.04 Å². The van der Waals surface area contributed by atoms with Gasteiger partial charge in [-0.1, -0.05) is 36.4 Å². The van der Waals surface area contributed by atoms with Gasteiger partial charge >= 0.3 is 5.97 Å². The van der Waals surface area contributed by atoms with Gasteiger partial charge in [-0.25, -0.2) is 0 Å². The quantitative estimate of drug-likeness (QED) is 0.827. The van der Waals surface area contributed by atoms with Crippen LogP contribution in [0.1, 0.15) is 6.92 Å². The van der Waals surface area contributed by atoms with E-state index in [0.29, 0.717) is 0 Å². The number of rotatable bonds is 3. The van der Waals surface area contributed by atoms with Crippen LogP contribution in [0.3, 0.4) is 0 Å². The average molecular weight is 215 g/mol. The normalized spacial score (nSPS) is 12.3. The van der Waals surface area contributed by atoms with E-state index >= 15 is 0 Å². The molecular weight excluding hydrogens is 202 g/mol. The van der Waals surface area contributed by atoms with E-state index < -0.39 is 12.0 Å². The Balaban J connectivity index is 2.31. The molecule has 0 unspecified atom stereocenters. The lowest BCUT2D eigenvalue weighted by Gasteiger charge is -2.10. The first-order valence-electron chi connectivity index (χ1n) is 5.15. The summed E-state index contributed by atoms with van der Waals surface area (Å²) in [4.78, 5) is 10.8. The van der Waals surface area contributed by atoms with E-state index in [4.69, 9.17) is 5.11 Å². The Kier molecular flexibility index (Phi) is 2.77. The number of carboxylic acid groups (broad SMARTS) is 1. The fourth-order valence-corrected chi connectivity index (χ4v) is 1.64. The predicted octanol–water partition coefficient (Wildman–Crippen LogP) is 2.68. The fraction of sp³-hybridized carbons (Fsp3) is 0.154. The Morgan fingerprint density at radius 2 is 1.94 bits per heavy atom. The van der Waals surface area contributed by atoms with Crippen LogP contribution in [0.4, 0.5) is 5.69 Å². The van der Waals surface area contributed by atoms with Crippen molar-refractivity contribution in [1.82, 2.24) is 0 Å². The molecule has 2 rings (SSSR count). The third kappa shape index (κ3) is 1.98. The Labute approximate surface area is 94.1 Å². The number of fused-ring (bicyclic) bond motifs is 1. The molecule has 2 aliphatic rings. The SMILES string of the molecule is C[C@H](Nc1ccc2cccccc1-2)C(=O)O. The van der Waals surface area contributed by atoms with Crippen LogP contribution in [-0.2, 0) is 4.79 Å². The molecule has 0 fully saturated rings. The van der Waals surface area contributed by atoms with E-state index in [-0.39, 0.29) is 0 Å². The summed E-state index contributed by atoms with van der Waals surface area (Å²) in [7, 11) is 0. The van der Waals surface area contributed by atoms with E-state index in [2.05, 4.69) is 5.32 Å². The molecule has 0 spiro atoms. The first-order chi connectivity index (χ1) is 7.68. The van der Waals surface area contributed by atoms with Crippen LogP contribution in [0.5, 0.6) is 0 Å². The largest absolute Gasteiger partial charge is 0.480 e. The lowest BCUT2D eigenvalue weighted by Crippen LogP contribution is -2.25. The molecule has 3 heteroatoms. The topological polar surface area (TPSA) is 49.3 Å². The van der Waals surface area contributed by atoms with Gasteiger partial charge in [-0.3, -0.25) is 4.79 Å². The Bertz CT molecular complexity index is 481. The van der Waals surface area contributed by atoms with E-state index in [1.54, 1.807) is 6.92 Å². The van der Waals surface area contributed by atoms with E-state index in [9.17, 15) is 4.79 Å². The monoisotopic (exact) mass is 215 g/mol. The summed E-state index contributed by atoms with van der Waals surface area (Å²) in [5.74, 6) is -0.852. The number of carbonyl (C=O) groups is 1. The molecule has 16 heavy (non-hydrogen) atoms. The maximum Gasteiger partial charge on any atom is 0.325 e. The van der Waals surface area contributed by atoms with Crippen molar-refractivity contribution in [3.8, 4) is 11.1 Å². The van der Waals surface area contributed by atoms with Crippen LogP contribution in [0.25, 0.3) is 11.1 Å². The average Bonchev–Trinajstić information content (AvgIpc) is 2.50. The highest BCUT2D eigenvalue weighted by Crippen LogP contribution is 2.31. The van der Waals surface area contributed by atoms with Crippen LogP contribution in [0, 0.1) is 0 Å². The summed E-state index contributed by atoms with van der Waals surface area (Å²) in [5.41, 5.74) is 3.00. The second kappa shape index (κ2) is 4.23. The van der Waals surface area contributed by atoms with Gasteiger partial charge in [-0.2, -0.15) is 0 Å². The number of hydrogen-bond acceptors (Lipinski definition) is 2. The van der Waals surface area contributed by atoms with Gasteiger partial charge < -0.3 is 10.4 Å². The molecule has 82 valence electrons. The highest BCUT2D eigenvalue weighted by atomic mass is 16.4. The zero-order chi connectivity index (χ0) is 11.5. The molecule has 0 radical (unpaired) electrons. The molecule has 0 heterocycles. The predicted molar refractivity (Wildman–Crippen MR) is 63.8 cm³/mol. The minimum absolute atomic E-state index is 0.587. The first-order valence-corrected chi connectivity index (χ1v) is 5.15. The van der Waals surface area contributed by atoms with Crippen molar-refractivity contribution in [2.24, 2.45) is 0 Å². The molecule has 0 amide bonds. The van der Waals surface area contributed by atoms with Gasteiger partial charge in [0.15, 0.2) is 0 Å². The molecule has 0 aromatic carbocycles. The summed E-state index contributed by atoms with van der Waals surface area (Å²) >= 11 is 0. The van der Waals surface area contributed by atoms with E-state index in [1.165, 1.54) is 0 Å². The van der Waals surface area contributed by atoms with Gasteiger partial charge in [0.25, 0.3) is 0 Å². The van der Waals surface area contributed by atoms with Gasteiger partial charge in [0, 0.05) is 11.3 Å². The first kappa shape index (κ1) is 10.5. The molecule has 0 aromatic rings. The Morgan fingerprint density at radius 1 is 1.19 bits per heavy atom. The Hall–Kier alpha value is -2.03. The smallest absolute Gasteiger partial charge is 0.325 e. The third-order valence-electron chi connectivity index (χ3n) is 2.53. The molecular formula is C13H13NO2. The van der Waals surface area contributed by atoms with Gasteiger partial charge in [-0.05, 0) is 18.6 Å². The summed E-state index contributed by atoms with van der Waals surface area (Å²) in [6, 6.07) is 13.1. The number of aliphatic carboxylic acids is 1. The van der Waals surface area contributed by atoms with Crippen molar-refractivity contribution < 1.29 is 9.90 Å². The minimum Gasteiger partial charge on any atom is -0.480 e. The summed E-state index contributed by atoms with van der Waals surface area (Å²) < 4.78 is 0. The molecule has 0 aromatic heterocycles. The summed E-state index contributed by atoms with van der Waals surface area (Å²) in [5, 5.41) is 11.8. The van der Waals surface area contributed by atoms with Crippen molar-refractivity contribution >= 4 is 11.7 Å². The number of hydrogen-bond donors (Lipinski definition) is 2. The third-order valence-corrected chi connectivity index (χ3v) is 2.53. The molecule has 0 saturated carbocycles. The second-order valence-corrected chi connectivity index (χ2v) is 3.73. The van der Waals surface area contributed by atoms with Crippen molar-refractivity contribution in [2.75, 3.05) is 5.32 Å². The number of nitrogens with one attached hydrogen (secondary N) is 1. The zero-order valence-electron chi connectivity index (χ0n) is 8.97. The van der Waals surface area contributed by atoms with Crippen molar-refractivity contribution in [2.45, 2.75) is 13.0 Å². The molecule has 1 atom stereocenters. The molecule has 2 N–H and O–H groups in total. The lowest BCUT2D eigenvalue weighted by atomic mass is 10.2. The summed E-state index contributed by atoms with van der Waals surface area (Å²) in [6.45, 7) is 1.63. The fourth-order valence-electron chi connectivity index (χ4n) is 1.64. The minimum atomic E-state index is -0.852. The highest BCUT2D eigenvalue weighted by Gasteiger charge is 2.14. The van der Waals surface area contributed by atoms with Crippen molar-refractivity contribution in [3.05, 3.63) is 42.5 Å². The van der Waals surface area contributed by atoms with Gasteiger partial charge in [0.05, 0.1) is 0 Å². The maximum atomic E-state index is 10.8. The van der Waals surface area contributed by atoms with Crippen molar-refractivity contribution in [3.63, 3.8) is 0 Å². The molecule has 0 bridgehead atoms. The van der Waals surface area contributed by atoms with Crippen LogP contribution in [-0.4, -0.2) is 17.1 Å². The van der Waals surface area contributed by atoms with Crippen LogP contribution in [0.15, 0.2) is 42.5 Å². The van der Waals surface area contributed by atoms with E-state index in [0.717, 1.165) is 16.8 Å². The van der Waals surface area contributed by atoms with Gasteiger partial charge in [0.2, 0.25) is 0 Å². The van der Waals surface area contributed by atoms with E-state index in [1.807, 2.05) is 42.5 Å². The van der Waals surface area contributed by atoms with Crippen LogP contribution in [0.2, 0.25) is 0 Å². The highest BCUT2D eigenvalue weighted by molar-refractivity contribution is 5.85. The number of carboxylic acids is 1. The molecule has 0 aliphatic heterocycles. The summed E-state index contributed by atoms with van der Waals surface area (Å²) in [6.07, 6.45) is 0. The lowest BCUT2D eigenvalue weighted by molar-refractivity contribution is -0.137.